The Morgan fingerprint density at radius 2 is 1.96 bits per heavy atom. The lowest BCUT2D eigenvalue weighted by Gasteiger charge is -2.09. The first-order valence-corrected chi connectivity index (χ1v) is 9.48. The van der Waals surface area contributed by atoms with Gasteiger partial charge in [-0.3, -0.25) is 10.1 Å². The van der Waals surface area contributed by atoms with Crippen LogP contribution in [0, 0.1) is 13.8 Å². The smallest absolute Gasteiger partial charge is 0.264 e. The van der Waals surface area contributed by atoms with E-state index in [0.29, 0.717) is 5.13 Å². The zero-order valence-corrected chi connectivity index (χ0v) is 16.0. The second-order valence-electron chi connectivity index (χ2n) is 6.14. The topological polar surface area (TPSA) is 51.2 Å². The highest BCUT2D eigenvalue weighted by Gasteiger charge is 2.10. The van der Waals surface area contributed by atoms with Crippen molar-refractivity contribution >= 4 is 22.4 Å². The number of rotatable bonds is 6. The molecule has 3 rings (SSSR count). The van der Waals surface area contributed by atoms with Crippen LogP contribution in [0.15, 0.2) is 47.8 Å². The van der Waals surface area contributed by atoms with Crippen molar-refractivity contribution in [2.75, 3.05) is 11.9 Å². The van der Waals surface area contributed by atoms with Crippen molar-refractivity contribution in [3.63, 3.8) is 0 Å². The molecule has 0 saturated carbocycles. The van der Waals surface area contributed by atoms with Crippen molar-refractivity contribution < 1.29 is 9.53 Å². The Bertz CT molecular complexity index is 918. The fourth-order valence-corrected chi connectivity index (χ4v) is 3.34. The third-order valence-electron chi connectivity index (χ3n) is 4.27. The molecule has 26 heavy (non-hydrogen) atoms. The lowest BCUT2D eigenvalue weighted by molar-refractivity contribution is -0.118. The summed E-state index contributed by atoms with van der Waals surface area (Å²) in [6, 6.07) is 14.0. The Morgan fingerprint density at radius 1 is 1.15 bits per heavy atom. The summed E-state index contributed by atoms with van der Waals surface area (Å²) in [7, 11) is 0. The van der Waals surface area contributed by atoms with E-state index in [-0.39, 0.29) is 12.5 Å². The molecule has 5 heteroatoms. The van der Waals surface area contributed by atoms with Crippen LogP contribution in [0.4, 0.5) is 5.13 Å². The van der Waals surface area contributed by atoms with Gasteiger partial charge < -0.3 is 4.74 Å². The van der Waals surface area contributed by atoms with Crippen molar-refractivity contribution in [2.45, 2.75) is 27.2 Å². The lowest BCUT2D eigenvalue weighted by Crippen LogP contribution is -2.20. The van der Waals surface area contributed by atoms with Crippen LogP contribution in [0.25, 0.3) is 11.3 Å². The SMILES string of the molecule is CCc1ccccc1OCC(=O)Nc1nc(-c2ccc(C)c(C)c2)cs1. The van der Waals surface area contributed by atoms with Crippen LogP contribution < -0.4 is 10.1 Å². The normalized spacial score (nSPS) is 10.6. The van der Waals surface area contributed by atoms with Gasteiger partial charge >= 0.3 is 0 Å². The number of nitrogens with one attached hydrogen (secondary N) is 1. The van der Waals surface area contributed by atoms with E-state index in [9.17, 15) is 4.79 Å². The van der Waals surface area contributed by atoms with Crippen molar-refractivity contribution in [1.82, 2.24) is 4.98 Å². The van der Waals surface area contributed by atoms with Gasteiger partial charge in [0.05, 0.1) is 5.69 Å². The van der Waals surface area contributed by atoms with Gasteiger partial charge in [-0.25, -0.2) is 4.98 Å². The molecule has 0 unspecified atom stereocenters. The summed E-state index contributed by atoms with van der Waals surface area (Å²) in [6.07, 6.45) is 0.865. The van der Waals surface area contributed by atoms with Gasteiger partial charge in [-0.1, -0.05) is 37.3 Å². The monoisotopic (exact) mass is 366 g/mol. The number of benzene rings is 2. The van der Waals surface area contributed by atoms with E-state index in [0.717, 1.165) is 29.0 Å². The number of nitrogens with zero attached hydrogens (tertiary/aromatic N) is 1. The second-order valence-corrected chi connectivity index (χ2v) is 6.99. The van der Waals surface area contributed by atoms with Crippen molar-refractivity contribution in [3.8, 4) is 17.0 Å². The summed E-state index contributed by atoms with van der Waals surface area (Å²) >= 11 is 1.41. The molecule has 3 aromatic rings. The summed E-state index contributed by atoms with van der Waals surface area (Å²) in [5, 5.41) is 5.34. The van der Waals surface area contributed by atoms with Crippen molar-refractivity contribution in [1.29, 1.82) is 0 Å². The Hall–Kier alpha value is -2.66. The van der Waals surface area contributed by atoms with Crippen LogP contribution in [0.1, 0.15) is 23.6 Å². The van der Waals surface area contributed by atoms with Gasteiger partial charge in [0.1, 0.15) is 5.75 Å². The number of carbonyl (C=O) groups is 1. The average Bonchev–Trinajstić information content (AvgIpc) is 3.11. The molecule has 0 aliphatic heterocycles. The van der Waals surface area contributed by atoms with E-state index >= 15 is 0 Å². The van der Waals surface area contributed by atoms with Gasteiger partial charge in [0.2, 0.25) is 0 Å². The molecule has 1 heterocycles. The van der Waals surface area contributed by atoms with Crippen molar-refractivity contribution in [2.24, 2.45) is 0 Å². The predicted molar refractivity (Wildman–Crippen MR) is 107 cm³/mol. The number of carbonyl (C=O) groups excluding carboxylic acids is 1. The quantitative estimate of drug-likeness (QED) is 0.667. The van der Waals surface area contributed by atoms with E-state index in [1.165, 1.54) is 22.5 Å². The molecule has 1 amide bonds. The Labute approximate surface area is 157 Å². The number of amides is 1. The van der Waals surface area contributed by atoms with E-state index in [1.54, 1.807) is 0 Å². The van der Waals surface area contributed by atoms with Crippen LogP contribution in [-0.2, 0) is 11.2 Å². The highest BCUT2D eigenvalue weighted by Crippen LogP contribution is 2.26. The van der Waals surface area contributed by atoms with Crippen LogP contribution in [0.3, 0.4) is 0 Å². The Balaban J connectivity index is 1.61. The summed E-state index contributed by atoms with van der Waals surface area (Å²) in [5.74, 6) is 0.539. The summed E-state index contributed by atoms with van der Waals surface area (Å²) in [4.78, 5) is 16.7. The number of ether oxygens (including phenoxy) is 1. The fourth-order valence-electron chi connectivity index (χ4n) is 2.60. The van der Waals surface area contributed by atoms with E-state index in [1.807, 2.05) is 35.7 Å². The molecule has 0 spiro atoms. The maximum absolute atomic E-state index is 12.2. The molecule has 4 nitrogen and oxygen atoms in total. The van der Waals surface area contributed by atoms with Gasteiger partial charge in [0, 0.05) is 10.9 Å². The molecule has 1 N–H and O–H groups in total. The molecule has 1 aromatic heterocycles. The third kappa shape index (κ3) is 4.29. The minimum absolute atomic E-state index is 0.0322. The fraction of sp³-hybridized carbons (Fsp3) is 0.238. The average molecular weight is 366 g/mol. The first-order chi connectivity index (χ1) is 12.6. The molecule has 2 aromatic carbocycles. The molecular weight excluding hydrogens is 344 g/mol. The lowest BCUT2D eigenvalue weighted by atomic mass is 10.1. The third-order valence-corrected chi connectivity index (χ3v) is 5.02. The summed E-state index contributed by atoms with van der Waals surface area (Å²) in [6.45, 7) is 6.20. The van der Waals surface area contributed by atoms with Gasteiger partial charge in [-0.2, -0.15) is 0 Å². The maximum atomic E-state index is 12.2. The van der Waals surface area contributed by atoms with Crippen molar-refractivity contribution in [3.05, 3.63) is 64.5 Å². The highest BCUT2D eigenvalue weighted by atomic mass is 32.1. The molecule has 0 radical (unpaired) electrons. The number of hydrogen-bond donors (Lipinski definition) is 1. The molecule has 0 fully saturated rings. The zero-order chi connectivity index (χ0) is 18.5. The molecule has 0 aliphatic carbocycles. The van der Waals surface area contributed by atoms with Crippen LogP contribution in [0.2, 0.25) is 0 Å². The largest absolute Gasteiger partial charge is 0.483 e. The number of aryl methyl sites for hydroxylation is 3. The maximum Gasteiger partial charge on any atom is 0.264 e. The van der Waals surface area contributed by atoms with Gasteiger partial charge in [0.15, 0.2) is 11.7 Å². The van der Waals surface area contributed by atoms with Crippen LogP contribution in [0.5, 0.6) is 5.75 Å². The highest BCUT2D eigenvalue weighted by molar-refractivity contribution is 7.14. The van der Waals surface area contributed by atoms with Gasteiger partial charge in [0.25, 0.3) is 5.91 Å². The minimum atomic E-state index is -0.211. The number of hydrogen-bond acceptors (Lipinski definition) is 4. The van der Waals surface area contributed by atoms with Gasteiger partial charge in [-0.15, -0.1) is 11.3 Å². The number of anilines is 1. The predicted octanol–water partition coefficient (Wildman–Crippen LogP) is 5.01. The summed E-state index contributed by atoms with van der Waals surface area (Å²) < 4.78 is 5.65. The molecule has 134 valence electrons. The second kappa shape index (κ2) is 8.15. The van der Waals surface area contributed by atoms with Crippen LogP contribution >= 0.6 is 11.3 Å². The Kier molecular flexibility index (Phi) is 5.68. The van der Waals surface area contributed by atoms with E-state index < -0.39 is 0 Å². The standard InChI is InChI=1S/C21H22N2O2S/c1-4-16-7-5-6-8-19(16)25-12-20(24)23-21-22-18(13-26-21)17-10-9-14(2)15(3)11-17/h5-11,13H,4,12H2,1-3H3,(H,22,23,24). The minimum Gasteiger partial charge on any atom is -0.483 e. The number of aromatic nitrogens is 1. The first kappa shape index (κ1) is 18.1. The molecule has 0 aliphatic rings. The van der Waals surface area contributed by atoms with Crippen LogP contribution in [-0.4, -0.2) is 17.5 Å². The Morgan fingerprint density at radius 3 is 2.73 bits per heavy atom. The summed E-state index contributed by atoms with van der Waals surface area (Å²) in [5.41, 5.74) is 5.49. The molecule has 0 bridgehead atoms. The van der Waals surface area contributed by atoms with E-state index in [4.69, 9.17) is 4.74 Å². The van der Waals surface area contributed by atoms with E-state index in [2.05, 4.69) is 43.2 Å². The molecule has 0 atom stereocenters. The number of para-hydroxylation sites is 1. The molecule has 0 saturated heterocycles. The van der Waals surface area contributed by atoms with Gasteiger partial charge in [-0.05, 0) is 49.1 Å². The molecular formula is C21H22N2O2S. The number of thiazole rings is 1. The first-order valence-electron chi connectivity index (χ1n) is 8.60. The zero-order valence-electron chi connectivity index (χ0n) is 15.2.